The van der Waals surface area contributed by atoms with Crippen molar-refractivity contribution >= 4 is 10.9 Å². The molecule has 0 fully saturated rings. The van der Waals surface area contributed by atoms with Crippen LogP contribution in [0.25, 0.3) is 27.8 Å². The van der Waals surface area contributed by atoms with E-state index < -0.39 is 0 Å². The fraction of sp³-hybridized carbons (Fsp3) is 0.227. The van der Waals surface area contributed by atoms with Crippen molar-refractivity contribution in [2.24, 2.45) is 7.05 Å². The smallest absolute Gasteiger partial charge is 0.0740 e. The summed E-state index contributed by atoms with van der Waals surface area (Å²) in [5.41, 5.74) is 7.85. The van der Waals surface area contributed by atoms with Gasteiger partial charge in [0.1, 0.15) is 0 Å². The van der Waals surface area contributed by atoms with Crippen LogP contribution in [0, 0.1) is 0 Å². The third kappa shape index (κ3) is 2.23. The van der Waals surface area contributed by atoms with Gasteiger partial charge in [-0.25, -0.2) is 4.68 Å². The first-order valence-electron chi connectivity index (χ1n) is 9.03. The van der Waals surface area contributed by atoms with Crippen molar-refractivity contribution in [2.75, 3.05) is 0 Å². The molecule has 5 rings (SSSR count). The molecule has 2 aromatic carbocycles. The highest BCUT2D eigenvalue weighted by atomic mass is 15.3. The Balaban J connectivity index is 1.69. The largest absolute Gasteiger partial charge is 0.347 e. The molecule has 0 saturated carbocycles. The zero-order valence-corrected chi connectivity index (χ0v) is 14.4. The van der Waals surface area contributed by atoms with Crippen LogP contribution in [0.4, 0.5) is 0 Å². The highest BCUT2D eigenvalue weighted by Gasteiger charge is 2.19. The SMILES string of the molecule is Cn1c2c(c3cc(-n4nccc4-c4ccccc4)ccc31)CCCC2. The van der Waals surface area contributed by atoms with Crippen molar-refractivity contribution in [1.29, 1.82) is 0 Å². The van der Waals surface area contributed by atoms with Crippen LogP contribution in [-0.4, -0.2) is 14.3 Å². The van der Waals surface area contributed by atoms with E-state index in [1.165, 1.54) is 47.8 Å². The molecule has 0 amide bonds. The van der Waals surface area contributed by atoms with Crippen molar-refractivity contribution in [3.05, 3.63) is 72.1 Å². The van der Waals surface area contributed by atoms with E-state index in [4.69, 9.17) is 0 Å². The van der Waals surface area contributed by atoms with E-state index in [0.29, 0.717) is 0 Å². The van der Waals surface area contributed by atoms with Crippen LogP contribution in [0.2, 0.25) is 0 Å². The molecule has 0 N–H and O–H groups in total. The highest BCUT2D eigenvalue weighted by Crippen LogP contribution is 2.33. The lowest BCUT2D eigenvalue weighted by Crippen LogP contribution is -2.04. The Morgan fingerprint density at radius 2 is 1.76 bits per heavy atom. The molecule has 0 spiro atoms. The number of benzene rings is 2. The molecule has 3 heteroatoms. The highest BCUT2D eigenvalue weighted by molar-refractivity contribution is 5.88. The average molecular weight is 327 g/mol. The molecule has 0 aliphatic heterocycles. The van der Waals surface area contributed by atoms with Crippen molar-refractivity contribution in [1.82, 2.24) is 14.3 Å². The maximum Gasteiger partial charge on any atom is 0.0740 e. The van der Waals surface area contributed by atoms with E-state index in [1.807, 2.05) is 12.3 Å². The Kier molecular flexibility index (Phi) is 3.27. The maximum atomic E-state index is 4.60. The summed E-state index contributed by atoms with van der Waals surface area (Å²) in [4.78, 5) is 0. The van der Waals surface area contributed by atoms with Gasteiger partial charge in [0.2, 0.25) is 0 Å². The minimum Gasteiger partial charge on any atom is -0.347 e. The average Bonchev–Trinajstić information content (AvgIpc) is 3.27. The Bertz CT molecular complexity index is 1050. The molecule has 0 bridgehead atoms. The van der Waals surface area contributed by atoms with E-state index in [0.717, 1.165) is 11.4 Å². The monoisotopic (exact) mass is 327 g/mol. The van der Waals surface area contributed by atoms with Crippen molar-refractivity contribution in [2.45, 2.75) is 25.7 Å². The molecule has 4 aromatic rings. The fourth-order valence-electron chi connectivity index (χ4n) is 4.22. The Morgan fingerprint density at radius 3 is 2.64 bits per heavy atom. The Labute approximate surface area is 147 Å². The zero-order valence-electron chi connectivity index (χ0n) is 14.4. The number of rotatable bonds is 2. The first-order valence-corrected chi connectivity index (χ1v) is 9.03. The second-order valence-corrected chi connectivity index (χ2v) is 6.89. The topological polar surface area (TPSA) is 22.8 Å². The van der Waals surface area contributed by atoms with Crippen LogP contribution < -0.4 is 0 Å². The van der Waals surface area contributed by atoms with Gasteiger partial charge < -0.3 is 4.57 Å². The molecule has 124 valence electrons. The Morgan fingerprint density at radius 1 is 0.920 bits per heavy atom. The van der Waals surface area contributed by atoms with Gasteiger partial charge in [-0.1, -0.05) is 30.3 Å². The van der Waals surface area contributed by atoms with Gasteiger partial charge in [-0.05, 0) is 55.5 Å². The van der Waals surface area contributed by atoms with Gasteiger partial charge in [-0.3, -0.25) is 0 Å². The second-order valence-electron chi connectivity index (χ2n) is 6.89. The molecule has 2 aromatic heterocycles. The summed E-state index contributed by atoms with van der Waals surface area (Å²) in [5, 5.41) is 5.99. The number of hydrogen-bond donors (Lipinski definition) is 0. The van der Waals surface area contributed by atoms with Gasteiger partial charge in [-0.2, -0.15) is 5.10 Å². The van der Waals surface area contributed by atoms with E-state index in [1.54, 1.807) is 5.56 Å². The van der Waals surface area contributed by atoms with Crippen LogP contribution in [-0.2, 0) is 19.9 Å². The molecular formula is C22H21N3. The van der Waals surface area contributed by atoms with Gasteiger partial charge >= 0.3 is 0 Å². The molecule has 2 heterocycles. The molecule has 0 unspecified atom stereocenters. The van der Waals surface area contributed by atoms with Crippen LogP contribution in [0.5, 0.6) is 0 Å². The standard InChI is InChI=1S/C22H21N3/c1-24-21-10-6-5-9-18(21)19-15-17(11-12-22(19)24)25-20(13-14-23-25)16-7-3-2-4-8-16/h2-4,7-8,11-15H,5-6,9-10H2,1H3. The summed E-state index contributed by atoms with van der Waals surface area (Å²) in [6, 6.07) is 19.3. The predicted molar refractivity (Wildman–Crippen MR) is 102 cm³/mol. The number of aryl methyl sites for hydroxylation is 2. The van der Waals surface area contributed by atoms with Gasteiger partial charge in [-0.15, -0.1) is 0 Å². The molecule has 1 aliphatic carbocycles. The number of fused-ring (bicyclic) bond motifs is 3. The minimum absolute atomic E-state index is 1.13. The van der Waals surface area contributed by atoms with Crippen molar-refractivity contribution in [3.63, 3.8) is 0 Å². The van der Waals surface area contributed by atoms with E-state index in [9.17, 15) is 0 Å². The molecule has 25 heavy (non-hydrogen) atoms. The van der Waals surface area contributed by atoms with Crippen LogP contribution in [0.3, 0.4) is 0 Å². The summed E-state index contributed by atoms with van der Waals surface area (Å²) >= 11 is 0. The summed E-state index contributed by atoms with van der Waals surface area (Å²) in [6.07, 6.45) is 6.88. The van der Waals surface area contributed by atoms with E-state index in [2.05, 4.69) is 69.9 Å². The van der Waals surface area contributed by atoms with Gasteiger partial charge in [0.15, 0.2) is 0 Å². The lowest BCUT2D eigenvalue weighted by Gasteiger charge is -2.13. The van der Waals surface area contributed by atoms with Crippen molar-refractivity contribution < 1.29 is 0 Å². The van der Waals surface area contributed by atoms with Gasteiger partial charge in [0.05, 0.1) is 17.6 Å². The molecular weight excluding hydrogens is 306 g/mol. The predicted octanol–water partition coefficient (Wildman–Crippen LogP) is 4.91. The van der Waals surface area contributed by atoms with Crippen LogP contribution in [0.15, 0.2) is 60.8 Å². The third-order valence-electron chi connectivity index (χ3n) is 5.47. The number of nitrogens with zero attached hydrogens (tertiary/aromatic N) is 3. The summed E-state index contributed by atoms with van der Waals surface area (Å²) in [5.74, 6) is 0. The molecule has 0 saturated heterocycles. The first kappa shape index (κ1) is 14.5. The van der Waals surface area contributed by atoms with Gasteiger partial charge in [0.25, 0.3) is 0 Å². The van der Waals surface area contributed by atoms with E-state index in [-0.39, 0.29) is 0 Å². The first-order chi connectivity index (χ1) is 12.3. The lowest BCUT2D eigenvalue weighted by molar-refractivity contribution is 0.653. The lowest BCUT2D eigenvalue weighted by atomic mass is 9.95. The molecule has 0 radical (unpaired) electrons. The molecule has 0 atom stereocenters. The summed E-state index contributed by atoms with van der Waals surface area (Å²) in [6.45, 7) is 0. The second kappa shape index (κ2) is 5.62. The van der Waals surface area contributed by atoms with Crippen LogP contribution >= 0.6 is 0 Å². The molecule has 3 nitrogen and oxygen atoms in total. The summed E-state index contributed by atoms with van der Waals surface area (Å²) < 4.78 is 4.44. The van der Waals surface area contributed by atoms with Crippen LogP contribution in [0.1, 0.15) is 24.1 Å². The fourth-order valence-corrected chi connectivity index (χ4v) is 4.22. The third-order valence-corrected chi connectivity index (χ3v) is 5.47. The Hall–Kier alpha value is -2.81. The van der Waals surface area contributed by atoms with Crippen molar-refractivity contribution in [3.8, 4) is 16.9 Å². The quantitative estimate of drug-likeness (QED) is 0.513. The normalized spacial score (nSPS) is 14.0. The summed E-state index contributed by atoms with van der Waals surface area (Å²) in [7, 11) is 2.20. The van der Waals surface area contributed by atoms with E-state index >= 15 is 0 Å². The maximum absolute atomic E-state index is 4.60. The molecule has 1 aliphatic rings. The zero-order chi connectivity index (χ0) is 16.8. The van der Waals surface area contributed by atoms with Gasteiger partial charge in [0, 0.05) is 29.2 Å². The minimum atomic E-state index is 1.13. The number of hydrogen-bond acceptors (Lipinski definition) is 1. The number of aromatic nitrogens is 3.